The number of phenolic OH excluding ortho intramolecular Hbond substituents is 1. The fourth-order valence-electron chi connectivity index (χ4n) is 3.54. The minimum atomic E-state index is -0.703. The van der Waals surface area contributed by atoms with Gasteiger partial charge in [0, 0.05) is 35.4 Å². The Morgan fingerprint density at radius 1 is 1.32 bits per heavy atom. The van der Waals surface area contributed by atoms with Crippen LogP contribution in [-0.2, 0) is 4.74 Å². The third kappa shape index (κ3) is 2.93. The van der Waals surface area contributed by atoms with E-state index in [1.54, 1.807) is 30.3 Å². The molecule has 1 atom stereocenters. The molecule has 0 fully saturated rings. The maximum absolute atomic E-state index is 14.7. The topological polar surface area (TPSA) is 78.5 Å². The molecule has 1 aromatic heterocycles. The number of benzene rings is 2. The van der Waals surface area contributed by atoms with Crippen molar-refractivity contribution in [1.82, 2.24) is 15.1 Å². The first-order valence-electron chi connectivity index (χ1n) is 8.64. The van der Waals surface area contributed by atoms with Gasteiger partial charge in [-0.2, -0.15) is 5.10 Å². The Morgan fingerprint density at radius 2 is 2.11 bits per heavy atom. The molecule has 28 heavy (non-hydrogen) atoms. The van der Waals surface area contributed by atoms with E-state index in [1.165, 1.54) is 24.1 Å². The van der Waals surface area contributed by atoms with Gasteiger partial charge >= 0.3 is 0 Å². The van der Waals surface area contributed by atoms with Crippen LogP contribution in [0.1, 0.15) is 27.7 Å². The molecule has 8 heteroatoms. The van der Waals surface area contributed by atoms with Gasteiger partial charge < -0.3 is 14.7 Å². The predicted octanol–water partition coefficient (Wildman–Crippen LogP) is 3.77. The van der Waals surface area contributed by atoms with Gasteiger partial charge in [-0.1, -0.05) is 29.8 Å². The molecule has 1 aliphatic heterocycles. The molecule has 0 saturated carbocycles. The summed E-state index contributed by atoms with van der Waals surface area (Å²) in [5.41, 5.74) is 1.83. The number of nitrogens with zero attached hydrogens (tertiary/aromatic N) is 2. The number of methoxy groups -OCH3 is 1. The molecule has 2 aromatic carbocycles. The number of aromatic hydroxyl groups is 1. The number of hydrogen-bond acceptors (Lipinski definition) is 4. The molecule has 2 N–H and O–H groups in total. The number of H-pyrrole nitrogens is 1. The van der Waals surface area contributed by atoms with Crippen LogP contribution in [0.15, 0.2) is 42.5 Å². The largest absolute Gasteiger partial charge is 0.507 e. The van der Waals surface area contributed by atoms with Crippen molar-refractivity contribution in [2.24, 2.45) is 0 Å². The van der Waals surface area contributed by atoms with E-state index < -0.39 is 11.9 Å². The lowest BCUT2D eigenvalue weighted by molar-refractivity contribution is 0.0675. The number of fused-ring (bicyclic) bond motifs is 1. The van der Waals surface area contributed by atoms with E-state index in [2.05, 4.69) is 10.2 Å². The maximum atomic E-state index is 14.7. The second kappa shape index (κ2) is 7.26. The number of nitrogens with one attached hydrogen (secondary N) is 1. The molecule has 0 saturated heterocycles. The summed E-state index contributed by atoms with van der Waals surface area (Å²) in [4.78, 5) is 14.5. The van der Waals surface area contributed by atoms with Crippen molar-refractivity contribution in [3.63, 3.8) is 0 Å². The second-order valence-corrected chi connectivity index (χ2v) is 6.87. The van der Waals surface area contributed by atoms with Crippen LogP contribution in [0.4, 0.5) is 4.39 Å². The standard InChI is InChI=1S/C20H17ClFN3O3/c1-28-9-8-25-19(12-4-2-3-5-14(12)22)16-17(23-24-18(16)20(25)27)13-10-11(21)6-7-15(13)26/h2-7,10,19,26H,8-9H2,1H3,(H,23,24)/t19-/m1/s1. The summed E-state index contributed by atoms with van der Waals surface area (Å²) in [6, 6.07) is 10.2. The monoisotopic (exact) mass is 401 g/mol. The molecule has 1 aliphatic rings. The number of aromatic nitrogens is 2. The minimum absolute atomic E-state index is 0.0335. The molecule has 0 aliphatic carbocycles. The number of ether oxygens (including phenoxy) is 1. The smallest absolute Gasteiger partial charge is 0.273 e. The van der Waals surface area contributed by atoms with Crippen LogP contribution >= 0.6 is 11.6 Å². The normalized spacial score (nSPS) is 15.9. The molecule has 1 amide bonds. The highest BCUT2D eigenvalue weighted by Crippen LogP contribution is 2.45. The van der Waals surface area contributed by atoms with E-state index in [0.717, 1.165) is 0 Å². The average Bonchev–Trinajstić information content (AvgIpc) is 3.22. The van der Waals surface area contributed by atoms with Crippen LogP contribution in [0, 0.1) is 5.82 Å². The number of phenols is 1. The van der Waals surface area contributed by atoms with Crippen LogP contribution in [0.3, 0.4) is 0 Å². The first kappa shape index (κ1) is 18.5. The molecule has 0 bridgehead atoms. The Balaban J connectivity index is 1.92. The van der Waals surface area contributed by atoms with Crippen molar-refractivity contribution in [2.75, 3.05) is 20.3 Å². The number of amides is 1. The first-order valence-corrected chi connectivity index (χ1v) is 9.02. The van der Waals surface area contributed by atoms with Gasteiger partial charge in [-0.05, 0) is 24.3 Å². The number of carbonyl (C=O) groups is 1. The summed E-state index contributed by atoms with van der Waals surface area (Å²) < 4.78 is 19.8. The van der Waals surface area contributed by atoms with Gasteiger partial charge in [-0.15, -0.1) is 0 Å². The van der Waals surface area contributed by atoms with Gasteiger partial charge in [0.25, 0.3) is 5.91 Å². The van der Waals surface area contributed by atoms with Crippen LogP contribution in [0.5, 0.6) is 5.75 Å². The van der Waals surface area contributed by atoms with Gasteiger partial charge in [0.1, 0.15) is 23.0 Å². The zero-order valence-corrected chi connectivity index (χ0v) is 15.7. The Bertz CT molecular complexity index is 1050. The third-order valence-corrected chi connectivity index (χ3v) is 5.05. The van der Waals surface area contributed by atoms with Crippen LogP contribution in [0.25, 0.3) is 11.3 Å². The van der Waals surface area contributed by atoms with E-state index in [-0.39, 0.29) is 23.9 Å². The molecule has 0 spiro atoms. The van der Waals surface area contributed by atoms with Crippen LogP contribution in [0.2, 0.25) is 5.02 Å². The van der Waals surface area contributed by atoms with Crippen molar-refractivity contribution < 1.29 is 19.0 Å². The molecule has 6 nitrogen and oxygen atoms in total. The van der Waals surface area contributed by atoms with Gasteiger partial charge in [0.2, 0.25) is 0 Å². The molecule has 0 radical (unpaired) electrons. The second-order valence-electron chi connectivity index (χ2n) is 6.44. The first-order chi connectivity index (χ1) is 13.5. The maximum Gasteiger partial charge on any atom is 0.273 e. The lowest BCUT2D eigenvalue weighted by Crippen LogP contribution is -2.33. The summed E-state index contributed by atoms with van der Waals surface area (Å²) >= 11 is 6.09. The Morgan fingerprint density at radius 3 is 2.86 bits per heavy atom. The van der Waals surface area contributed by atoms with Gasteiger partial charge in [-0.25, -0.2) is 4.39 Å². The fraction of sp³-hybridized carbons (Fsp3) is 0.200. The highest BCUT2D eigenvalue weighted by atomic mass is 35.5. The zero-order valence-electron chi connectivity index (χ0n) is 14.9. The van der Waals surface area contributed by atoms with E-state index in [4.69, 9.17) is 16.3 Å². The lowest BCUT2D eigenvalue weighted by atomic mass is 9.95. The molecule has 4 rings (SSSR count). The van der Waals surface area contributed by atoms with E-state index >= 15 is 0 Å². The summed E-state index contributed by atoms with van der Waals surface area (Å²) in [6.07, 6.45) is 0. The highest BCUT2D eigenvalue weighted by molar-refractivity contribution is 6.31. The van der Waals surface area contributed by atoms with Crippen LogP contribution < -0.4 is 0 Å². The molecule has 144 valence electrons. The Labute approximate surface area is 165 Å². The van der Waals surface area contributed by atoms with Crippen LogP contribution in [-0.4, -0.2) is 46.4 Å². The van der Waals surface area contributed by atoms with Crippen molar-refractivity contribution >= 4 is 17.5 Å². The molecule has 0 unspecified atom stereocenters. The highest BCUT2D eigenvalue weighted by Gasteiger charge is 2.43. The van der Waals surface area contributed by atoms with Crippen molar-refractivity contribution in [3.8, 4) is 17.0 Å². The number of rotatable bonds is 5. The molecule has 2 heterocycles. The Kier molecular flexibility index (Phi) is 4.78. The summed E-state index contributed by atoms with van der Waals surface area (Å²) in [7, 11) is 1.54. The summed E-state index contributed by atoms with van der Waals surface area (Å²) in [5, 5.41) is 17.7. The predicted molar refractivity (Wildman–Crippen MR) is 102 cm³/mol. The van der Waals surface area contributed by atoms with E-state index in [1.807, 2.05) is 0 Å². The van der Waals surface area contributed by atoms with Crippen molar-refractivity contribution in [1.29, 1.82) is 0 Å². The number of carbonyl (C=O) groups excluding carboxylic acids is 1. The lowest BCUT2D eigenvalue weighted by Gasteiger charge is -2.26. The minimum Gasteiger partial charge on any atom is -0.507 e. The summed E-state index contributed by atoms with van der Waals surface area (Å²) in [5.74, 6) is -0.771. The fourth-order valence-corrected chi connectivity index (χ4v) is 3.71. The van der Waals surface area contributed by atoms with Gasteiger partial charge in [0.15, 0.2) is 0 Å². The number of hydrogen-bond donors (Lipinski definition) is 2. The average molecular weight is 402 g/mol. The van der Waals surface area contributed by atoms with E-state index in [0.29, 0.717) is 34.0 Å². The quantitative estimate of drug-likeness (QED) is 0.682. The van der Waals surface area contributed by atoms with Gasteiger partial charge in [0.05, 0.1) is 12.6 Å². The van der Waals surface area contributed by atoms with Crippen molar-refractivity contribution in [3.05, 3.63) is 70.1 Å². The van der Waals surface area contributed by atoms with Crippen molar-refractivity contribution in [2.45, 2.75) is 6.04 Å². The van der Waals surface area contributed by atoms with Gasteiger partial charge in [-0.3, -0.25) is 9.89 Å². The SMILES string of the molecule is COCCN1C(=O)c2[nH]nc(-c3cc(Cl)ccc3O)c2[C@H]1c1ccccc1F. The molecular formula is C20H17ClFN3O3. The molecule has 3 aromatic rings. The molecular weight excluding hydrogens is 385 g/mol. The third-order valence-electron chi connectivity index (χ3n) is 4.81. The number of halogens is 2. The summed E-state index contributed by atoms with van der Waals surface area (Å²) in [6.45, 7) is 0.573. The van der Waals surface area contributed by atoms with E-state index in [9.17, 15) is 14.3 Å². The Hall–Kier alpha value is -2.90. The zero-order chi connectivity index (χ0) is 19.8. The number of aromatic amines is 1.